The summed E-state index contributed by atoms with van der Waals surface area (Å²) in [5, 5.41) is 12.3. The zero-order valence-corrected chi connectivity index (χ0v) is 13.2. The van der Waals surface area contributed by atoms with Crippen LogP contribution in [0.1, 0.15) is 33.3 Å². The van der Waals surface area contributed by atoms with Crippen LogP contribution in [-0.2, 0) is 10.2 Å². The van der Waals surface area contributed by atoms with E-state index in [2.05, 4.69) is 5.32 Å². The van der Waals surface area contributed by atoms with Crippen LogP contribution in [0.5, 0.6) is 5.75 Å². The molecule has 0 aliphatic rings. The van der Waals surface area contributed by atoms with Crippen molar-refractivity contribution in [2.75, 3.05) is 13.1 Å². The van der Waals surface area contributed by atoms with E-state index < -0.39 is 34.5 Å². The molecule has 5 nitrogen and oxygen atoms in total. The topological polar surface area (TPSA) is 84.6 Å². The molecular formula is C15H22F2N2O3. The second-order valence-electron chi connectivity index (χ2n) is 6.40. The van der Waals surface area contributed by atoms with E-state index in [1.165, 1.54) is 0 Å². The zero-order chi connectivity index (χ0) is 17.1. The van der Waals surface area contributed by atoms with Crippen molar-refractivity contribution in [3.8, 4) is 5.75 Å². The fraction of sp³-hybridized carbons (Fsp3) is 0.533. The maximum absolute atomic E-state index is 13.5. The van der Waals surface area contributed by atoms with E-state index >= 15 is 0 Å². The van der Waals surface area contributed by atoms with Gasteiger partial charge in [0.25, 0.3) is 0 Å². The summed E-state index contributed by atoms with van der Waals surface area (Å²) < 4.78 is 32.0. The first kappa shape index (κ1) is 18.2. The van der Waals surface area contributed by atoms with Gasteiger partial charge in [-0.25, -0.2) is 13.6 Å². The average Bonchev–Trinajstić information content (AvgIpc) is 2.38. The van der Waals surface area contributed by atoms with Gasteiger partial charge in [0.05, 0.1) is 0 Å². The van der Waals surface area contributed by atoms with Crippen molar-refractivity contribution >= 4 is 6.09 Å². The van der Waals surface area contributed by atoms with Gasteiger partial charge in [-0.1, -0.05) is 6.92 Å². The van der Waals surface area contributed by atoms with Crippen LogP contribution in [0.15, 0.2) is 12.1 Å². The van der Waals surface area contributed by atoms with Gasteiger partial charge in [0.15, 0.2) is 11.6 Å². The number of benzene rings is 1. The fourth-order valence-electron chi connectivity index (χ4n) is 1.88. The molecule has 1 aromatic rings. The Morgan fingerprint density at radius 2 is 1.91 bits per heavy atom. The second kappa shape index (κ2) is 6.48. The number of phenols is 1. The Kier molecular flexibility index (Phi) is 5.35. The molecule has 1 unspecified atom stereocenters. The SMILES string of the molecule is CC(C)(C)OC(=O)NCC(C)(CN)c1cc(F)cc(F)c1O. The minimum absolute atomic E-state index is 0.0106. The first-order valence-corrected chi connectivity index (χ1v) is 6.84. The van der Waals surface area contributed by atoms with Gasteiger partial charge in [-0.3, -0.25) is 0 Å². The lowest BCUT2D eigenvalue weighted by Gasteiger charge is -2.30. The van der Waals surface area contributed by atoms with Crippen molar-refractivity contribution in [1.29, 1.82) is 0 Å². The lowest BCUT2D eigenvalue weighted by Crippen LogP contribution is -2.45. The molecule has 0 heterocycles. The monoisotopic (exact) mass is 316 g/mol. The predicted octanol–water partition coefficient (Wildman–Crippen LogP) is 2.41. The molecule has 1 aromatic carbocycles. The molecule has 22 heavy (non-hydrogen) atoms. The standard InChI is InChI=1S/C15H22F2N2O3/c1-14(2,3)22-13(21)19-8-15(4,7-18)10-5-9(16)6-11(17)12(10)20/h5-6,20H,7-8,18H2,1-4H3,(H,19,21). The summed E-state index contributed by atoms with van der Waals surface area (Å²) in [4.78, 5) is 11.7. The minimum Gasteiger partial charge on any atom is -0.505 e. The van der Waals surface area contributed by atoms with Crippen LogP contribution < -0.4 is 11.1 Å². The van der Waals surface area contributed by atoms with Crippen LogP contribution in [-0.4, -0.2) is 29.9 Å². The van der Waals surface area contributed by atoms with Crippen molar-refractivity contribution in [1.82, 2.24) is 5.32 Å². The average molecular weight is 316 g/mol. The minimum atomic E-state index is -1.08. The molecule has 0 bridgehead atoms. The van der Waals surface area contributed by atoms with Gasteiger partial charge in [-0.2, -0.15) is 0 Å². The van der Waals surface area contributed by atoms with Gasteiger partial charge < -0.3 is 20.9 Å². The normalized spacial score (nSPS) is 14.3. The molecule has 4 N–H and O–H groups in total. The first-order chi connectivity index (χ1) is 9.98. The highest BCUT2D eigenvalue weighted by molar-refractivity contribution is 5.68. The van der Waals surface area contributed by atoms with Crippen LogP contribution in [0.3, 0.4) is 0 Å². The third-order valence-electron chi connectivity index (χ3n) is 3.15. The van der Waals surface area contributed by atoms with Gasteiger partial charge in [-0.05, 0) is 26.8 Å². The maximum Gasteiger partial charge on any atom is 0.407 e. The van der Waals surface area contributed by atoms with Gasteiger partial charge in [0.2, 0.25) is 0 Å². The zero-order valence-electron chi connectivity index (χ0n) is 13.2. The summed E-state index contributed by atoms with van der Waals surface area (Å²) in [6.45, 7) is 6.62. The molecule has 0 saturated heterocycles. The molecule has 1 atom stereocenters. The molecule has 0 radical (unpaired) electrons. The molecule has 0 fully saturated rings. The summed E-state index contributed by atoms with van der Waals surface area (Å²) in [6.07, 6.45) is -0.677. The third-order valence-corrected chi connectivity index (χ3v) is 3.15. The summed E-state index contributed by atoms with van der Waals surface area (Å²) in [6, 6.07) is 1.58. The quantitative estimate of drug-likeness (QED) is 0.796. The van der Waals surface area contributed by atoms with E-state index in [1.807, 2.05) is 0 Å². The maximum atomic E-state index is 13.5. The number of hydrogen-bond acceptors (Lipinski definition) is 4. The Hall–Kier alpha value is -1.89. The molecule has 0 spiro atoms. The molecule has 0 aromatic heterocycles. The van der Waals surface area contributed by atoms with E-state index in [0.717, 1.165) is 6.07 Å². The van der Waals surface area contributed by atoms with Gasteiger partial charge in [-0.15, -0.1) is 0 Å². The van der Waals surface area contributed by atoms with Crippen molar-refractivity contribution in [2.24, 2.45) is 5.73 Å². The number of ether oxygens (including phenoxy) is 1. The molecule has 0 aliphatic carbocycles. The number of aromatic hydroxyl groups is 1. The Morgan fingerprint density at radius 3 is 2.41 bits per heavy atom. The van der Waals surface area contributed by atoms with Crippen LogP contribution in [0.4, 0.5) is 13.6 Å². The fourth-order valence-corrected chi connectivity index (χ4v) is 1.88. The van der Waals surface area contributed by atoms with Crippen molar-refractivity contribution in [2.45, 2.75) is 38.7 Å². The van der Waals surface area contributed by atoms with E-state index in [0.29, 0.717) is 6.07 Å². The number of rotatable bonds is 4. The number of halogens is 2. The number of carbonyl (C=O) groups excluding carboxylic acids is 1. The second-order valence-corrected chi connectivity index (χ2v) is 6.40. The lowest BCUT2D eigenvalue weighted by atomic mass is 9.81. The van der Waals surface area contributed by atoms with E-state index in [-0.39, 0.29) is 18.7 Å². The highest BCUT2D eigenvalue weighted by Crippen LogP contribution is 2.33. The van der Waals surface area contributed by atoms with Crippen molar-refractivity contribution < 1.29 is 23.4 Å². The van der Waals surface area contributed by atoms with E-state index in [4.69, 9.17) is 10.5 Å². The summed E-state index contributed by atoms with van der Waals surface area (Å²) in [5.74, 6) is -2.59. The summed E-state index contributed by atoms with van der Waals surface area (Å²) in [5.41, 5.74) is 3.94. The van der Waals surface area contributed by atoms with Crippen molar-refractivity contribution in [3.63, 3.8) is 0 Å². The third kappa shape index (κ3) is 4.56. The highest BCUT2D eigenvalue weighted by Gasteiger charge is 2.31. The predicted molar refractivity (Wildman–Crippen MR) is 78.7 cm³/mol. The molecule has 0 saturated carbocycles. The highest BCUT2D eigenvalue weighted by atomic mass is 19.1. The molecule has 124 valence electrons. The summed E-state index contributed by atoms with van der Waals surface area (Å²) >= 11 is 0. The number of carbonyl (C=O) groups is 1. The molecule has 7 heteroatoms. The largest absolute Gasteiger partial charge is 0.505 e. The Balaban J connectivity index is 2.96. The van der Waals surface area contributed by atoms with Gasteiger partial charge >= 0.3 is 6.09 Å². The number of nitrogens with two attached hydrogens (primary N) is 1. The van der Waals surface area contributed by atoms with Crippen LogP contribution >= 0.6 is 0 Å². The summed E-state index contributed by atoms with van der Waals surface area (Å²) in [7, 11) is 0. The Labute approximate surface area is 128 Å². The van der Waals surface area contributed by atoms with E-state index in [1.54, 1.807) is 27.7 Å². The molecule has 1 rings (SSSR count). The van der Waals surface area contributed by atoms with Crippen LogP contribution in [0.2, 0.25) is 0 Å². The molecular weight excluding hydrogens is 294 g/mol. The number of phenolic OH excluding ortho intramolecular Hbond substituents is 1. The van der Waals surface area contributed by atoms with Gasteiger partial charge in [0.1, 0.15) is 11.4 Å². The van der Waals surface area contributed by atoms with Crippen LogP contribution in [0, 0.1) is 11.6 Å². The number of alkyl carbamates (subject to hydrolysis) is 1. The Bertz CT molecular complexity index is 558. The molecule has 0 aliphatic heterocycles. The van der Waals surface area contributed by atoms with Crippen molar-refractivity contribution in [3.05, 3.63) is 29.3 Å². The first-order valence-electron chi connectivity index (χ1n) is 6.84. The lowest BCUT2D eigenvalue weighted by molar-refractivity contribution is 0.0516. The number of nitrogens with one attached hydrogen (secondary N) is 1. The Morgan fingerprint density at radius 1 is 1.32 bits per heavy atom. The van der Waals surface area contributed by atoms with E-state index in [9.17, 15) is 18.7 Å². The number of hydrogen-bond donors (Lipinski definition) is 3. The van der Waals surface area contributed by atoms with Crippen LogP contribution in [0.25, 0.3) is 0 Å². The van der Waals surface area contributed by atoms with Gasteiger partial charge in [0, 0.05) is 30.1 Å². The molecule has 1 amide bonds. The smallest absolute Gasteiger partial charge is 0.407 e. The number of amides is 1.